The summed E-state index contributed by atoms with van der Waals surface area (Å²) in [6.07, 6.45) is 1.07. The molecule has 2 fully saturated rings. The summed E-state index contributed by atoms with van der Waals surface area (Å²) in [6, 6.07) is 16.0. The monoisotopic (exact) mass is 500 g/mol. The number of amides is 2. The molecule has 2 aliphatic heterocycles. The minimum absolute atomic E-state index is 0.0547. The Balaban J connectivity index is 1.24. The Morgan fingerprint density at radius 1 is 1.03 bits per heavy atom. The number of nitrogens with one attached hydrogen (secondary N) is 1. The molecule has 3 aromatic carbocycles. The van der Waals surface area contributed by atoms with Crippen LogP contribution >= 0.6 is 0 Å². The van der Waals surface area contributed by atoms with E-state index in [0.29, 0.717) is 66.3 Å². The third kappa shape index (κ3) is 4.32. The number of carbonyl (C=O) groups excluding carboxylic acids is 2. The van der Waals surface area contributed by atoms with Gasteiger partial charge in [0.1, 0.15) is 19.0 Å². The van der Waals surface area contributed by atoms with Crippen molar-refractivity contribution >= 4 is 11.8 Å². The van der Waals surface area contributed by atoms with Crippen molar-refractivity contribution in [3.8, 4) is 22.6 Å². The molecule has 6 rings (SSSR count). The molecule has 2 heterocycles. The lowest BCUT2D eigenvalue weighted by Crippen LogP contribution is -2.45. The van der Waals surface area contributed by atoms with Crippen LogP contribution in [-0.2, 0) is 0 Å². The summed E-state index contributed by atoms with van der Waals surface area (Å²) in [6.45, 7) is 5.59. The zero-order valence-electron chi connectivity index (χ0n) is 20.9. The van der Waals surface area contributed by atoms with Crippen LogP contribution < -0.4 is 14.8 Å². The Kier molecular flexibility index (Phi) is 5.86. The first-order valence-corrected chi connectivity index (χ1v) is 12.8. The fourth-order valence-corrected chi connectivity index (χ4v) is 5.67. The molecule has 6 nitrogen and oxygen atoms in total. The summed E-state index contributed by atoms with van der Waals surface area (Å²) in [5.41, 5.74) is 4.16. The molecular weight excluding hydrogens is 471 g/mol. The van der Waals surface area contributed by atoms with Crippen molar-refractivity contribution in [2.24, 2.45) is 11.8 Å². The predicted octanol–water partition coefficient (Wildman–Crippen LogP) is 4.77. The highest BCUT2D eigenvalue weighted by Gasteiger charge is 2.54. The van der Waals surface area contributed by atoms with Crippen LogP contribution in [0, 0.1) is 31.5 Å². The van der Waals surface area contributed by atoms with Gasteiger partial charge in [-0.05, 0) is 79.1 Å². The molecule has 3 aromatic rings. The van der Waals surface area contributed by atoms with E-state index in [1.54, 1.807) is 37.3 Å². The van der Waals surface area contributed by atoms with Gasteiger partial charge in [0.15, 0.2) is 11.5 Å². The number of aryl methyl sites for hydroxylation is 2. The van der Waals surface area contributed by atoms with E-state index in [2.05, 4.69) is 5.32 Å². The number of benzene rings is 3. The van der Waals surface area contributed by atoms with Crippen molar-refractivity contribution in [2.45, 2.75) is 26.3 Å². The normalized spacial score (nSPS) is 21.4. The first-order valence-electron chi connectivity index (χ1n) is 12.8. The number of piperidine rings is 1. The van der Waals surface area contributed by atoms with E-state index in [9.17, 15) is 14.0 Å². The first kappa shape index (κ1) is 23.5. The molecule has 3 atom stereocenters. The summed E-state index contributed by atoms with van der Waals surface area (Å²) >= 11 is 0. The van der Waals surface area contributed by atoms with Crippen LogP contribution in [-0.4, -0.2) is 49.1 Å². The standard InChI is InChI=1S/C30H29FN2O4/c1-17-6-8-21(19-7-9-25(31)18(2)13-19)24(12-17)30(35)33-16-20-14-23(20)26(33)15-32-29(34)22-4-3-5-27-28(22)37-11-10-36-27/h3-9,12-13,20,23,26H,10-11,14-16H2,1-2H3,(H,32,34)/t20-,23-,26-/m1/s1. The molecule has 0 radical (unpaired) electrons. The first-order chi connectivity index (χ1) is 17.9. The van der Waals surface area contributed by atoms with Crippen molar-refractivity contribution in [3.63, 3.8) is 0 Å². The summed E-state index contributed by atoms with van der Waals surface area (Å²) in [7, 11) is 0. The number of para-hydroxylation sites is 1. The molecule has 3 aliphatic rings. The van der Waals surface area contributed by atoms with E-state index in [0.717, 1.165) is 23.1 Å². The fourth-order valence-electron chi connectivity index (χ4n) is 5.67. The molecule has 0 unspecified atom stereocenters. The highest BCUT2D eigenvalue weighted by atomic mass is 19.1. The lowest BCUT2D eigenvalue weighted by molar-refractivity contribution is 0.0695. The Labute approximate surface area is 215 Å². The summed E-state index contributed by atoms with van der Waals surface area (Å²) in [5.74, 6) is 1.33. The number of carbonyl (C=O) groups is 2. The molecule has 1 N–H and O–H groups in total. The number of likely N-dealkylation sites (tertiary alicyclic amines) is 1. The molecule has 1 aliphatic carbocycles. The zero-order chi connectivity index (χ0) is 25.7. The third-order valence-electron chi connectivity index (χ3n) is 7.72. The number of fused-ring (bicyclic) bond motifs is 2. The van der Waals surface area contributed by atoms with E-state index in [1.165, 1.54) is 6.07 Å². The number of rotatable bonds is 5. The molecule has 2 amide bonds. The number of halogens is 1. The van der Waals surface area contributed by atoms with Crippen molar-refractivity contribution < 1.29 is 23.5 Å². The predicted molar refractivity (Wildman–Crippen MR) is 137 cm³/mol. The van der Waals surface area contributed by atoms with Gasteiger partial charge in [0.25, 0.3) is 11.8 Å². The van der Waals surface area contributed by atoms with Gasteiger partial charge in [-0.1, -0.05) is 29.8 Å². The van der Waals surface area contributed by atoms with E-state index < -0.39 is 0 Å². The lowest BCUT2D eigenvalue weighted by Gasteiger charge is -2.29. The number of nitrogens with zero attached hydrogens (tertiary/aromatic N) is 1. The summed E-state index contributed by atoms with van der Waals surface area (Å²) < 4.78 is 25.2. The van der Waals surface area contributed by atoms with E-state index >= 15 is 0 Å². The minimum atomic E-state index is -0.268. The topological polar surface area (TPSA) is 67.9 Å². The third-order valence-corrected chi connectivity index (χ3v) is 7.72. The molecule has 0 spiro atoms. The molecule has 1 saturated heterocycles. The minimum Gasteiger partial charge on any atom is -0.486 e. The Morgan fingerprint density at radius 3 is 2.70 bits per heavy atom. The van der Waals surface area contributed by atoms with Crippen LogP contribution in [0.25, 0.3) is 11.1 Å². The van der Waals surface area contributed by atoms with Crippen LogP contribution in [0.4, 0.5) is 4.39 Å². The SMILES string of the molecule is Cc1ccc(-c2ccc(F)c(C)c2)c(C(=O)N2C[C@H]3C[C@H]3[C@H]2CNC(=O)c2cccc3c2OCCO3)c1. The highest BCUT2D eigenvalue weighted by molar-refractivity contribution is 6.02. The second-order valence-electron chi connectivity index (χ2n) is 10.2. The molecule has 190 valence electrons. The molecule has 37 heavy (non-hydrogen) atoms. The average molecular weight is 501 g/mol. The number of hydrogen-bond donors (Lipinski definition) is 1. The summed E-state index contributed by atoms with van der Waals surface area (Å²) in [4.78, 5) is 28.9. The largest absolute Gasteiger partial charge is 0.486 e. The van der Waals surface area contributed by atoms with Crippen LogP contribution in [0.3, 0.4) is 0 Å². The van der Waals surface area contributed by atoms with Gasteiger partial charge < -0.3 is 19.7 Å². The quantitative estimate of drug-likeness (QED) is 0.548. The fraction of sp³-hybridized carbons (Fsp3) is 0.333. The van der Waals surface area contributed by atoms with Crippen molar-refractivity contribution in [1.82, 2.24) is 10.2 Å². The lowest BCUT2D eigenvalue weighted by atomic mass is 9.95. The van der Waals surface area contributed by atoms with E-state index in [4.69, 9.17) is 9.47 Å². The van der Waals surface area contributed by atoms with Crippen LogP contribution in [0.2, 0.25) is 0 Å². The molecule has 7 heteroatoms. The Hall–Kier alpha value is -3.87. The number of hydrogen-bond acceptors (Lipinski definition) is 4. The average Bonchev–Trinajstić information content (AvgIpc) is 3.59. The van der Waals surface area contributed by atoms with Gasteiger partial charge in [0.2, 0.25) is 0 Å². The molecule has 0 bridgehead atoms. The Morgan fingerprint density at radius 2 is 1.86 bits per heavy atom. The maximum absolute atomic E-state index is 13.9. The molecule has 0 aromatic heterocycles. The van der Waals surface area contributed by atoms with Crippen molar-refractivity contribution in [1.29, 1.82) is 0 Å². The molecule has 1 saturated carbocycles. The highest BCUT2D eigenvalue weighted by Crippen LogP contribution is 2.50. The van der Waals surface area contributed by atoms with Gasteiger partial charge in [-0.15, -0.1) is 0 Å². The second-order valence-corrected chi connectivity index (χ2v) is 10.2. The van der Waals surface area contributed by atoms with Gasteiger partial charge in [0, 0.05) is 18.7 Å². The van der Waals surface area contributed by atoms with E-state index in [1.807, 2.05) is 30.0 Å². The van der Waals surface area contributed by atoms with Gasteiger partial charge in [-0.3, -0.25) is 9.59 Å². The van der Waals surface area contributed by atoms with Gasteiger partial charge in [0.05, 0.1) is 11.6 Å². The van der Waals surface area contributed by atoms with Gasteiger partial charge >= 0.3 is 0 Å². The maximum Gasteiger partial charge on any atom is 0.255 e. The zero-order valence-corrected chi connectivity index (χ0v) is 20.9. The number of ether oxygens (including phenoxy) is 2. The van der Waals surface area contributed by atoms with Crippen molar-refractivity contribution in [3.05, 3.63) is 82.7 Å². The van der Waals surface area contributed by atoms with Crippen LogP contribution in [0.15, 0.2) is 54.6 Å². The molecular formula is C30H29FN2O4. The van der Waals surface area contributed by atoms with Crippen LogP contribution in [0.5, 0.6) is 11.5 Å². The van der Waals surface area contributed by atoms with Crippen LogP contribution in [0.1, 0.15) is 38.3 Å². The smallest absolute Gasteiger partial charge is 0.255 e. The summed E-state index contributed by atoms with van der Waals surface area (Å²) in [5, 5.41) is 3.05. The maximum atomic E-state index is 13.9. The Bertz CT molecular complexity index is 1400. The van der Waals surface area contributed by atoms with Gasteiger partial charge in [-0.2, -0.15) is 0 Å². The van der Waals surface area contributed by atoms with Gasteiger partial charge in [-0.25, -0.2) is 4.39 Å². The second kappa shape index (κ2) is 9.21. The van der Waals surface area contributed by atoms with E-state index in [-0.39, 0.29) is 23.7 Å². The van der Waals surface area contributed by atoms with Crippen molar-refractivity contribution in [2.75, 3.05) is 26.3 Å².